The quantitative estimate of drug-likeness (QED) is 0.784. The van der Waals surface area contributed by atoms with Gasteiger partial charge in [0.25, 0.3) is 6.47 Å². The first-order valence-corrected chi connectivity index (χ1v) is 5.78. The number of hydrogen-bond donors (Lipinski definition) is 2. The highest BCUT2D eigenvalue weighted by Gasteiger charge is 2.21. The first-order chi connectivity index (χ1) is 9.11. The van der Waals surface area contributed by atoms with Gasteiger partial charge in [0.15, 0.2) is 11.5 Å². The van der Waals surface area contributed by atoms with Crippen LogP contribution in [0.25, 0.3) is 0 Å². The summed E-state index contributed by atoms with van der Waals surface area (Å²) in [6.45, 7) is 2.20. The Balaban J connectivity index is 2.05. The number of piperazine rings is 1. The fourth-order valence-corrected chi connectivity index (χ4v) is 2.01. The van der Waals surface area contributed by atoms with Crippen LogP contribution in [-0.4, -0.2) is 53.9 Å². The second-order valence-corrected chi connectivity index (χ2v) is 4.12. The summed E-state index contributed by atoms with van der Waals surface area (Å²) in [5, 5.41) is 18.5. The Morgan fingerprint density at radius 3 is 2.47 bits per heavy atom. The third-order valence-electron chi connectivity index (χ3n) is 3.03. The number of amides is 1. The number of carbonyl (C=O) groups is 2. The van der Waals surface area contributed by atoms with Gasteiger partial charge in [-0.2, -0.15) is 0 Å². The first kappa shape index (κ1) is 13.0. The van der Waals surface area contributed by atoms with E-state index in [1.807, 2.05) is 4.90 Å². The highest BCUT2D eigenvalue weighted by Crippen LogP contribution is 2.30. The van der Waals surface area contributed by atoms with E-state index in [1.54, 1.807) is 6.07 Å². The zero-order valence-electron chi connectivity index (χ0n) is 10.2. The van der Waals surface area contributed by atoms with Crippen LogP contribution in [0.1, 0.15) is 0 Å². The van der Waals surface area contributed by atoms with Crippen LogP contribution in [0.15, 0.2) is 18.2 Å². The standard InChI is InChI=1S/C12H14N2O5/c15-8-19-11-2-1-9(7-10(11)16)13-3-5-14(6-4-13)12(17)18/h1-2,7-8,16H,3-6H2,(H,17,18). The second-order valence-electron chi connectivity index (χ2n) is 4.12. The number of carboxylic acid groups (broad SMARTS) is 1. The molecule has 7 heteroatoms. The fourth-order valence-electron chi connectivity index (χ4n) is 2.01. The molecule has 102 valence electrons. The highest BCUT2D eigenvalue weighted by atomic mass is 16.5. The minimum Gasteiger partial charge on any atom is -0.504 e. The van der Waals surface area contributed by atoms with Gasteiger partial charge in [0, 0.05) is 37.9 Å². The summed E-state index contributed by atoms with van der Waals surface area (Å²) in [6.07, 6.45) is -0.919. The lowest BCUT2D eigenvalue weighted by Gasteiger charge is -2.34. The van der Waals surface area contributed by atoms with Gasteiger partial charge >= 0.3 is 6.09 Å². The van der Waals surface area contributed by atoms with Gasteiger partial charge in [-0.1, -0.05) is 0 Å². The lowest BCUT2D eigenvalue weighted by Crippen LogP contribution is -2.48. The summed E-state index contributed by atoms with van der Waals surface area (Å²) in [4.78, 5) is 24.3. The van der Waals surface area contributed by atoms with Crippen LogP contribution >= 0.6 is 0 Å². The third kappa shape index (κ3) is 2.87. The Kier molecular flexibility index (Phi) is 3.74. The van der Waals surface area contributed by atoms with Crippen molar-refractivity contribution in [3.8, 4) is 11.5 Å². The zero-order valence-corrected chi connectivity index (χ0v) is 10.2. The normalized spacial score (nSPS) is 15.2. The molecule has 0 aliphatic carbocycles. The van der Waals surface area contributed by atoms with Crippen molar-refractivity contribution in [2.45, 2.75) is 0 Å². The van der Waals surface area contributed by atoms with Crippen molar-refractivity contribution in [1.29, 1.82) is 0 Å². The van der Waals surface area contributed by atoms with Crippen LogP contribution in [-0.2, 0) is 4.79 Å². The van der Waals surface area contributed by atoms with E-state index in [2.05, 4.69) is 4.74 Å². The number of rotatable bonds is 3. The average molecular weight is 266 g/mol. The number of ether oxygens (including phenoxy) is 1. The smallest absolute Gasteiger partial charge is 0.407 e. The van der Waals surface area contributed by atoms with Crippen molar-refractivity contribution < 1.29 is 24.5 Å². The molecule has 1 aromatic rings. The molecule has 1 aliphatic heterocycles. The summed E-state index contributed by atoms with van der Waals surface area (Å²) < 4.78 is 4.59. The van der Waals surface area contributed by atoms with Crippen LogP contribution in [0.5, 0.6) is 11.5 Å². The maximum atomic E-state index is 10.8. The van der Waals surface area contributed by atoms with Crippen molar-refractivity contribution >= 4 is 18.3 Å². The Bertz CT molecular complexity index is 483. The number of nitrogens with zero attached hydrogens (tertiary/aromatic N) is 2. The number of hydrogen-bond acceptors (Lipinski definition) is 5. The zero-order chi connectivity index (χ0) is 13.8. The molecule has 1 amide bonds. The number of aromatic hydroxyl groups is 1. The number of phenolic OH excluding ortho intramolecular Hbond substituents is 1. The SMILES string of the molecule is O=COc1ccc(N2CCN(C(=O)O)CC2)cc1O. The van der Waals surface area contributed by atoms with E-state index in [-0.39, 0.29) is 18.0 Å². The second kappa shape index (κ2) is 5.47. The number of benzene rings is 1. The summed E-state index contributed by atoms with van der Waals surface area (Å²) in [5.74, 6) is -0.0202. The lowest BCUT2D eigenvalue weighted by molar-refractivity contribution is -0.120. The van der Waals surface area contributed by atoms with Crippen molar-refractivity contribution in [1.82, 2.24) is 4.90 Å². The Morgan fingerprint density at radius 1 is 1.26 bits per heavy atom. The van der Waals surface area contributed by atoms with Gasteiger partial charge in [-0.05, 0) is 12.1 Å². The predicted octanol–water partition coefficient (Wildman–Crippen LogP) is 0.727. The molecule has 1 heterocycles. The van der Waals surface area contributed by atoms with Gasteiger partial charge in [-0.3, -0.25) is 4.79 Å². The molecule has 2 rings (SSSR count). The Labute approximate surface area is 109 Å². The summed E-state index contributed by atoms with van der Waals surface area (Å²) in [6, 6.07) is 4.72. The van der Waals surface area contributed by atoms with E-state index >= 15 is 0 Å². The molecular formula is C12H14N2O5. The summed E-state index contributed by atoms with van der Waals surface area (Å²) in [5.41, 5.74) is 0.765. The van der Waals surface area contributed by atoms with Gasteiger partial charge in [0.2, 0.25) is 0 Å². The molecule has 0 aromatic heterocycles. The number of phenols is 1. The van der Waals surface area contributed by atoms with E-state index in [4.69, 9.17) is 5.11 Å². The molecule has 1 aliphatic rings. The maximum Gasteiger partial charge on any atom is 0.407 e. The van der Waals surface area contributed by atoms with Crippen molar-refractivity contribution in [2.75, 3.05) is 31.1 Å². The topological polar surface area (TPSA) is 90.3 Å². The average Bonchev–Trinajstić information content (AvgIpc) is 2.41. The van der Waals surface area contributed by atoms with E-state index in [1.165, 1.54) is 17.0 Å². The van der Waals surface area contributed by atoms with E-state index in [0.717, 1.165) is 5.69 Å². The molecular weight excluding hydrogens is 252 g/mol. The molecule has 0 saturated carbocycles. The van der Waals surface area contributed by atoms with Gasteiger partial charge < -0.3 is 24.7 Å². The maximum absolute atomic E-state index is 10.8. The molecule has 0 bridgehead atoms. The molecule has 1 saturated heterocycles. The molecule has 0 radical (unpaired) electrons. The molecule has 1 aromatic carbocycles. The number of carbonyl (C=O) groups excluding carboxylic acids is 1. The molecule has 19 heavy (non-hydrogen) atoms. The summed E-state index contributed by atoms with van der Waals surface area (Å²) in [7, 11) is 0. The van der Waals surface area contributed by atoms with Gasteiger partial charge in [-0.25, -0.2) is 4.79 Å². The minimum atomic E-state index is -0.919. The number of anilines is 1. The lowest BCUT2D eigenvalue weighted by atomic mass is 10.2. The molecule has 1 fully saturated rings. The van der Waals surface area contributed by atoms with Crippen LogP contribution in [0, 0.1) is 0 Å². The third-order valence-corrected chi connectivity index (χ3v) is 3.03. The molecule has 0 atom stereocenters. The van der Waals surface area contributed by atoms with Gasteiger partial charge in [-0.15, -0.1) is 0 Å². The molecule has 7 nitrogen and oxygen atoms in total. The monoisotopic (exact) mass is 266 g/mol. The van der Waals surface area contributed by atoms with E-state index < -0.39 is 6.09 Å². The van der Waals surface area contributed by atoms with Crippen molar-refractivity contribution in [3.05, 3.63) is 18.2 Å². The van der Waals surface area contributed by atoms with Crippen molar-refractivity contribution in [2.24, 2.45) is 0 Å². The van der Waals surface area contributed by atoms with Crippen molar-refractivity contribution in [3.63, 3.8) is 0 Å². The Hall–Kier alpha value is -2.44. The van der Waals surface area contributed by atoms with Gasteiger partial charge in [0.1, 0.15) is 0 Å². The minimum absolute atomic E-state index is 0.0999. The first-order valence-electron chi connectivity index (χ1n) is 5.78. The summed E-state index contributed by atoms with van der Waals surface area (Å²) >= 11 is 0. The van der Waals surface area contributed by atoms with E-state index in [9.17, 15) is 14.7 Å². The Morgan fingerprint density at radius 2 is 1.95 bits per heavy atom. The molecule has 2 N–H and O–H groups in total. The largest absolute Gasteiger partial charge is 0.504 e. The predicted molar refractivity (Wildman–Crippen MR) is 66.6 cm³/mol. The molecule has 0 spiro atoms. The van der Waals surface area contributed by atoms with Crippen LogP contribution < -0.4 is 9.64 Å². The fraction of sp³-hybridized carbons (Fsp3) is 0.333. The van der Waals surface area contributed by atoms with Gasteiger partial charge in [0.05, 0.1) is 0 Å². The van der Waals surface area contributed by atoms with E-state index in [0.29, 0.717) is 26.2 Å². The van der Waals surface area contributed by atoms with Crippen LogP contribution in [0.3, 0.4) is 0 Å². The molecule has 0 unspecified atom stereocenters. The van der Waals surface area contributed by atoms with Crippen LogP contribution in [0.2, 0.25) is 0 Å². The highest BCUT2D eigenvalue weighted by molar-refractivity contribution is 5.66. The van der Waals surface area contributed by atoms with Crippen LogP contribution in [0.4, 0.5) is 10.5 Å².